The van der Waals surface area contributed by atoms with E-state index < -0.39 is 0 Å². The molecule has 0 bridgehead atoms. The molecule has 1 aromatic heterocycles. The molecule has 0 fully saturated rings. The van der Waals surface area contributed by atoms with Crippen molar-refractivity contribution in [1.82, 2.24) is 4.90 Å². The van der Waals surface area contributed by atoms with Gasteiger partial charge in [-0.3, -0.25) is 4.79 Å². The van der Waals surface area contributed by atoms with E-state index in [0.717, 1.165) is 22.5 Å². The van der Waals surface area contributed by atoms with Crippen molar-refractivity contribution in [2.45, 2.75) is 13.2 Å². The molecule has 3 rings (SSSR count). The summed E-state index contributed by atoms with van der Waals surface area (Å²) in [6.45, 7) is 0.422. The first kappa shape index (κ1) is 16.0. The molecular formula is C20H19NO3. The van der Waals surface area contributed by atoms with Crippen molar-refractivity contribution in [2.24, 2.45) is 0 Å². The Morgan fingerprint density at radius 1 is 1.00 bits per heavy atom. The number of nitrogens with zero attached hydrogens (tertiary/aromatic N) is 1. The maximum absolute atomic E-state index is 12.6. The molecule has 0 aliphatic carbocycles. The van der Waals surface area contributed by atoms with Gasteiger partial charge in [-0.15, -0.1) is 0 Å². The minimum absolute atomic E-state index is 0.0317. The van der Waals surface area contributed by atoms with Crippen LogP contribution in [0.4, 0.5) is 0 Å². The second-order valence-corrected chi connectivity index (χ2v) is 5.64. The second kappa shape index (κ2) is 7.15. The van der Waals surface area contributed by atoms with Crippen LogP contribution in [-0.4, -0.2) is 23.0 Å². The van der Waals surface area contributed by atoms with E-state index in [-0.39, 0.29) is 12.5 Å². The predicted octanol–water partition coefficient (Wildman–Crippen LogP) is 3.71. The van der Waals surface area contributed by atoms with Gasteiger partial charge in [0.25, 0.3) is 5.91 Å². The van der Waals surface area contributed by atoms with E-state index in [9.17, 15) is 9.90 Å². The Morgan fingerprint density at radius 2 is 1.71 bits per heavy atom. The molecule has 4 nitrogen and oxygen atoms in total. The van der Waals surface area contributed by atoms with Crippen LogP contribution < -0.4 is 0 Å². The molecule has 3 aromatic rings. The van der Waals surface area contributed by atoms with E-state index >= 15 is 0 Å². The van der Waals surface area contributed by atoms with Gasteiger partial charge < -0.3 is 14.4 Å². The molecule has 1 amide bonds. The zero-order valence-corrected chi connectivity index (χ0v) is 13.5. The highest BCUT2D eigenvalue weighted by molar-refractivity contribution is 5.94. The summed E-state index contributed by atoms with van der Waals surface area (Å²) in [6.07, 6.45) is 1.63. The van der Waals surface area contributed by atoms with E-state index in [4.69, 9.17) is 4.42 Å². The third kappa shape index (κ3) is 3.39. The molecule has 4 heteroatoms. The van der Waals surface area contributed by atoms with Crippen LogP contribution in [0.1, 0.15) is 21.5 Å². The Kier molecular flexibility index (Phi) is 4.77. The lowest BCUT2D eigenvalue weighted by Gasteiger charge is -2.19. The van der Waals surface area contributed by atoms with Gasteiger partial charge in [0.1, 0.15) is 5.76 Å². The monoisotopic (exact) mass is 321 g/mol. The summed E-state index contributed by atoms with van der Waals surface area (Å²) in [7, 11) is 1.76. The molecule has 0 aliphatic rings. The summed E-state index contributed by atoms with van der Waals surface area (Å²) in [6, 6.07) is 18.7. The summed E-state index contributed by atoms with van der Waals surface area (Å²) >= 11 is 0. The van der Waals surface area contributed by atoms with Crippen molar-refractivity contribution in [2.75, 3.05) is 7.05 Å². The molecule has 1 heterocycles. The topological polar surface area (TPSA) is 53.7 Å². The summed E-state index contributed by atoms with van der Waals surface area (Å²) < 4.78 is 5.35. The first-order valence-electron chi connectivity index (χ1n) is 7.76. The average molecular weight is 321 g/mol. The van der Waals surface area contributed by atoms with Gasteiger partial charge in [0.15, 0.2) is 0 Å². The fraction of sp³-hybridized carbons (Fsp3) is 0.150. The second-order valence-electron chi connectivity index (χ2n) is 5.64. The number of aliphatic hydroxyl groups excluding tert-OH is 1. The number of amides is 1. The van der Waals surface area contributed by atoms with E-state index in [2.05, 4.69) is 0 Å². The highest BCUT2D eigenvalue weighted by Crippen LogP contribution is 2.21. The maximum Gasteiger partial charge on any atom is 0.253 e. The van der Waals surface area contributed by atoms with Crippen LogP contribution in [0.15, 0.2) is 71.3 Å². The number of hydrogen-bond acceptors (Lipinski definition) is 3. The zero-order chi connectivity index (χ0) is 16.9. The molecule has 0 unspecified atom stereocenters. The number of benzene rings is 2. The van der Waals surface area contributed by atoms with Crippen LogP contribution in [0.25, 0.3) is 11.3 Å². The molecule has 2 aromatic carbocycles. The van der Waals surface area contributed by atoms with Crippen LogP contribution in [0.5, 0.6) is 0 Å². The molecular weight excluding hydrogens is 302 g/mol. The minimum Gasteiger partial charge on any atom is -0.464 e. The molecule has 0 aliphatic heterocycles. The smallest absolute Gasteiger partial charge is 0.253 e. The Bertz CT molecular complexity index is 807. The summed E-state index contributed by atoms with van der Waals surface area (Å²) in [5.74, 6) is 0.716. The first-order valence-corrected chi connectivity index (χ1v) is 7.76. The molecule has 0 atom stereocenters. The lowest BCUT2D eigenvalue weighted by molar-refractivity contribution is 0.0784. The van der Waals surface area contributed by atoms with Crippen molar-refractivity contribution < 1.29 is 14.3 Å². The number of furan rings is 1. The fourth-order valence-electron chi connectivity index (χ4n) is 2.63. The highest BCUT2D eigenvalue weighted by atomic mass is 16.3. The van der Waals surface area contributed by atoms with Crippen LogP contribution >= 0.6 is 0 Å². The fourth-order valence-corrected chi connectivity index (χ4v) is 2.63. The molecule has 0 spiro atoms. The minimum atomic E-state index is -0.0614. The van der Waals surface area contributed by atoms with Crippen molar-refractivity contribution >= 4 is 5.91 Å². The van der Waals surface area contributed by atoms with Gasteiger partial charge in [-0.1, -0.05) is 36.4 Å². The Morgan fingerprint density at radius 3 is 2.33 bits per heavy atom. The summed E-state index contributed by atoms with van der Waals surface area (Å²) in [5.41, 5.74) is 3.34. The van der Waals surface area contributed by atoms with Gasteiger partial charge in [-0.25, -0.2) is 0 Å². The SMILES string of the molecule is CN(Cc1ccccc1CO)C(=O)c1ccc(-c2ccco2)cc1. The third-order valence-electron chi connectivity index (χ3n) is 3.98. The lowest BCUT2D eigenvalue weighted by atomic mass is 10.1. The van der Waals surface area contributed by atoms with Gasteiger partial charge in [0, 0.05) is 24.7 Å². The van der Waals surface area contributed by atoms with Crippen LogP contribution in [0.3, 0.4) is 0 Å². The van der Waals surface area contributed by atoms with Gasteiger partial charge in [0.05, 0.1) is 12.9 Å². The Labute approximate surface area is 141 Å². The summed E-state index contributed by atoms with van der Waals surface area (Å²) in [4.78, 5) is 14.2. The van der Waals surface area contributed by atoms with Crippen LogP contribution in [-0.2, 0) is 13.2 Å². The summed E-state index contributed by atoms with van der Waals surface area (Å²) in [5, 5.41) is 9.40. The van der Waals surface area contributed by atoms with Gasteiger partial charge >= 0.3 is 0 Å². The van der Waals surface area contributed by atoms with Gasteiger partial charge in [-0.05, 0) is 35.4 Å². The molecule has 0 saturated carbocycles. The maximum atomic E-state index is 12.6. The van der Waals surface area contributed by atoms with Gasteiger partial charge in [0.2, 0.25) is 0 Å². The van der Waals surface area contributed by atoms with E-state index in [1.165, 1.54) is 0 Å². The number of carbonyl (C=O) groups excluding carboxylic acids is 1. The van der Waals surface area contributed by atoms with Crippen LogP contribution in [0, 0.1) is 0 Å². The number of hydrogen-bond donors (Lipinski definition) is 1. The number of aliphatic hydroxyl groups is 1. The van der Waals surface area contributed by atoms with Crippen molar-refractivity contribution in [3.63, 3.8) is 0 Å². The zero-order valence-electron chi connectivity index (χ0n) is 13.5. The Hall–Kier alpha value is -2.85. The molecule has 0 saturated heterocycles. The molecule has 122 valence electrons. The standard InChI is InChI=1S/C20H19NO3/c1-21(13-17-5-2-3-6-18(17)14-22)20(23)16-10-8-15(9-11-16)19-7-4-12-24-19/h2-12,22H,13-14H2,1H3. The largest absolute Gasteiger partial charge is 0.464 e. The van der Waals surface area contributed by atoms with E-state index in [1.807, 2.05) is 48.5 Å². The van der Waals surface area contributed by atoms with Crippen molar-refractivity contribution in [3.05, 3.63) is 83.6 Å². The molecule has 24 heavy (non-hydrogen) atoms. The van der Waals surface area contributed by atoms with E-state index in [0.29, 0.717) is 12.1 Å². The number of rotatable bonds is 5. The van der Waals surface area contributed by atoms with E-state index in [1.54, 1.807) is 30.3 Å². The number of carbonyl (C=O) groups is 1. The van der Waals surface area contributed by atoms with Crippen molar-refractivity contribution in [3.8, 4) is 11.3 Å². The van der Waals surface area contributed by atoms with Gasteiger partial charge in [-0.2, -0.15) is 0 Å². The lowest BCUT2D eigenvalue weighted by Crippen LogP contribution is -2.26. The first-order chi connectivity index (χ1) is 11.7. The third-order valence-corrected chi connectivity index (χ3v) is 3.98. The quantitative estimate of drug-likeness (QED) is 0.779. The van der Waals surface area contributed by atoms with Crippen LogP contribution in [0.2, 0.25) is 0 Å². The average Bonchev–Trinajstić information content (AvgIpc) is 3.16. The van der Waals surface area contributed by atoms with Crippen molar-refractivity contribution in [1.29, 1.82) is 0 Å². The molecule has 0 radical (unpaired) electrons. The Balaban J connectivity index is 1.73. The molecule has 1 N–H and O–H groups in total. The normalized spacial score (nSPS) is 10.6. The highest BCUT2D eigenvalue weighted by Gasteiger charge is 2.14. The predicted molar refractivity (Wildman–Crippen MR) is 92.3 cm³/mol.